The lowest BCUT2D eigenvalue weighted by molar-refractivity contribution is -0.116. The lowest BCUT2D eigenvalue weighted by atomic mass is 10.1. The first kappa shape index (κ1) is 15.3. The van der Waals surface area contributed by atoms with Gasteiger partial charge in [0.2, 0.25) is 5.91 Å². The Kier molecular flexibility index (Phi) is 5.16. The SMILES string of the molecule is CCCC(=O)Nc1ccc(N2CCOCC2)cc1C(=O)O. The van der Waals surface area contributed by atoms with Crippen molar-refractivity contribution in [3.8, 4) is 0 Å². The quantitative estimate of drug-likeness (QED) is 0.867. The number of rotatable bonds is 5. The Morgan fingerprint density at radius 2 is 2.05 bits per heavy atom. The number of hydrogen-bond donors (Lipinski definition) is 2. The highest BCUT2D eigenvalue weighted by atomic mass is 16.5. The number of ether oxygens (including phenoxy) is 1. The van der Waals surface area contributed by atoms with Gasteiger partial charge in [0.1, 0.15) is 0 Å². The lowest BCUT2D eigenvalue weighted by Crippen LogP contribution is -2.36. The van der Waals surface area contributed by atoms with E-state index in [0.29, 0.717) is 25.3 Å². The molecule has 1 heterocycles. The molecule has 1 aliphatic rings. The van der Waals surface area contributed by atoms with Crippen molar-refractivity contribution in [1.29, 1.82) is 0 Å². The number of carboxylic acids is 1. The Balaban J connectivity index is 2.22. The molecule has 6 heteroatoms. The predicted molar refractivity (Wildman–Crippen MR) is 80.0 cm³/mol. The molecular formula is C15H20N2O4. The maximum absolute atomic E-state index is 11.6. The minimum atomic E-state index is -1.04. The number of aromatic carboxylic acids is 1. The minimum Gasteiger partial charge on any atom is -0.478 e. The van der Waals surface area contributed by atoms with E-state index < -0.39 is 5.97 Å². The topological polar surface area (TPSA) is 78.9 Å². The number of carbonyl (C=O) groups excluding carboxylic acids is 1. The maximum atomic E-state index is 11.6. The van der Waals surface area contributed by atoms with Crippen LogP contribution < -0.4 is 10.2 Å². The molecule has 1 aliphatic heterocycles. The molecule has 1 fully saturated rings. The molecular weight excluding hydrogens is 272 g/mol. The van der Waals surface area contributed by atoms with Gasteiger partial charge in [0.05, 0.1) is 24.5 Å². The number of anilines is 2. The van der Waals surface area contributed by atoms with Gasteiger partial charge in [0.15, 0.2) is 0 Å². The van der Waals surface area contributed by atoms with Crippen molar-refractivity contribution in [3.05, 3.63) is 23.8 Å². The van der Waals surface area contributed by atoms with Crippen molar-refractivity contribution in [2.75, 3.05) is 36.5 Å². The zero-order valence-corrected chi connectivity index (χ0v) is 12.1. The first-order chi connectivity index (χ1) is 10.1. The second kappa shape index (κ2) is 7.08. The van der Waals surface area contributed by atoms with E-state index in [1.165, 1.54) is 0 Å². The van der Waals surface area contributed by atoms with Crippen molar-refractivity contribution in [2.24, 2.45) is 0 Å². The van der Waals surface area contributed by atoms with Crippen molar-refractivity contribution in [3.63, 3.8) is 0 Å². The average Bonchev–Trinajstić information content (AvgIpc) is 2.48. The number of nitrogens with one attached hydrogen (secondary N) is 1. The summed E-state index contributed by atoms with van der Waals surface area (Å²) in [4.78, 5) is 25.1. The Morgan fingerprint density at radius 3 is 2.67 bits per heavy atom. The summed E-state index contributed by atoms with van der Waals surface area (Å²) in [6.45, 7) is 4.65. The zero-order valence-electron chi connectivity index (χ0n) is 12.1. The van der Waals surface area contributed by atoms with Crippen LogP contribution in [0, 0.1) is 0 Å². The van der Waals surface area contributed by atoms with Crippen LogP contribution in [0.5, 0.6) is 0 Å². The van der Waals surface area contributed by atoms with E-state index in [9.17, 15) is 14.7 Å². The summed E-state index contributed by atoms with van der Waals surface area (Å²) in [5.41, 5.74) is 1.30. The van der Waals surface area contributed by atoms with Gasteiger partial charge in [-0.25, -0.2) is 4.79 Å². The van der Waals surface area contributed by atoms with E-state index in [4.69, 9.17) is 4.74 Å². The molecule has 0 unspecified atom stereocenters. The Labute approximate surface area is 123 Å². The average molecular weight is 292 g/mol. The lowest BCUT2D eigenvalue weighted by Gasteiger charge is -2.29. The van der Waals surface area contributed by atoms with Crippen LogP contribution in [0.15, 0.2) is 18.2 Å². The fourth-order valence-electron chi connectivity index (χ4n) is 2.28. The van der Waals surface area contributed by atoms with Crippen molar-refractivity contribution >= 4 is 23.3 Å². The highest BCUT2D eigenvalue weighted by Gasteiger charge is 2.17. The summed E-state index contributed by atoms with van der Waals surface area (Å²) in [7, 11) is 0. The normalized spacial score (nSPS) is 14.8. The van der Waals surface area contributed by atoms with Gasteiger partial charge in [-0.1, -0.05) is 6.92 Å². The molecule has 114 valence electrons. The number of benzene rings is 1. The fraction of sp³-hybridized carbons (Fsp3) is 0.467. The van der Waals surface area contributed by atoms with Crippen molar-refractivity contribution < 1.29 is 19.4 Å². The molecule has 0 aromatic heterocycles. The highest BCUT2D eigenvalue weighted by Crippen LogP contribution is 2.24. The molecule has 1 aromatic rings. The third kappa shape index (κ3) is 3.95. The zero-order chi connectivity index (χ0) is 15.2. The van der Waals surface area contributed by atoms with Crippen LogP contribution in [0.4, 0.5) is 11.4 Å². The minimum absolute atomic E-state index is 0.114. The van der Waals surface area contributed by atoms with Crippen LogP contribution in [-0.2, 0) is 9.53 Å². The Bertz CT molecular complexity index is 524. The third-order valence-corrected chi connectivity index (χ3v) is 3.36. The van der Waals surface area contributed by atoms with Gasteiger partial charge in [0.25, 0.3) is 0 Å². The Morgan fingerprint density at radius 1 is 1.33 bits per heavy atom. The highest BCUT2D eigenvalue weighted by molar-refractivity contribution is 6.01. The van der Waals surface area contributed by atoms with E-state index in [-0.39, 0.29) is 11.5 Å². The molecule has 2 rings (SSSR count). The summed E-state index contributed by atoms with van der Waals surface area (Å²) in [6.07, 6.45) is 1.10. The first-order valence-electron chi connectivity index (χ1n) is 7.11. The van der Waals surface area contributed by atoms with Crippen LogP contribution in [0.2, 0.25) is 0 Å². The van der Waals surface area contributed by atoms with Gasteiger partial charge in [-0.3, -0.25) is 4.79 Å². The van der Waals surface area contributed by atoms with Crippen LogP contribution in [0.1, 0.15) is 30.1 Å². The predicted octanol–water partition coefficient (Wildman–Crippen LogP) is 1.96. The van der Waals surface area contributed by atoms with Gasteiger partial charge in [-0.2, -0.15) is 0 Å². The van der Waals surface area contributed by atoms with Gasteiger partial charge in [0, 0.05) is 25.2 Å². The molecule has 6 nitrogen and oxygen atoms in total. The van der Waals surface area contributed by atoms with Gasteiger partial charge in [-0.15, -0.1) is 0 Å². The van der Waals surface area contributed by atoms with E-state index >= 15 is 0 Å². The molecule has 0 bridgehead atoms. The molecule has 1 amide bonds. The van der Waals surface area contributed by atoms with Crippen LogP contribution in [0.3, 0.4) is 0 Å². The van der Waals surface area contributed by atoms with Crippen LogP contribution >= 0.6 is 0 Å². The largest absolute Gasteiger partial charge is 0.478 e. The molecule has 0 saturated carbocycles. The summed E-state index contributed by atoms with van der Waals surface area (Å²) in [5.74, 6) is -1.21. The number of carbonyl (C=O) groups is 2. The molecule has 0 atom stereocenters. The molecule has 0 aliphatic carbocycles. The van der Waals surface area contributed by atoms with Gasteiger partial charge in [-0.05, 0) is 24.6 Å². The van der Waals surface area contributed by atoms with Crippen LogP contribution in [-0.4, -0.2) is 43.3 Å². The van der Waals surface area contributed by atoms with E-state index in [0.717, 1.165) is 25.2 Å². The second-order valence-electron chi connectivity index (χ2n) is 4.93. The fourth-order valence-corrected chi connectivity index (χ4v) is 2.28. The molecule has 1 saturated heterocycles. The standard InChI is InChI=1S/C15H20N2O4/c1-2-3-14(18)16-13-5-4-11(10-12(13)15(19)20)17-6-8-21-9-7-17/h4-5,10H,2-3,6-9H2,1H3,(H,16,18)(H,19,20). The van der Waals surface area contributed by atoms with E-state index in [1.54, 1.807) is 12.1 Å². The molecule has 0 spiro atoms. The summed E-state index contributed by atoms with van der Waals surface area (Å²) in [6, 6.07) is 5.09. The van der Waals surface area contributed by atoms with Crippen molar-refractivity contribution in [1.82, 2.24) is 0 Å². The second-order valence-corrected chi connectivity index (χ2v) is 4.93. The maximum Gasteiger partial charge on any atom is 0.337 e. The number of carboxylic acid groups (broad SMARTS) is 1. The van der Waals surface area contributed by atoms with Gasteiger partial charge < -0.3 is 20.1 Å². The van der Waals surface area contributed by atoms with E-state index in [1.807, 2.05) is 13.0 Å². The van der Waals surface area contributed by atoms with Crippen LogP contribution in [0.25, 0.3) is 0 Å². The molecule has 2 N–H and O–H groups in total. The summed E-state index contributed by atoms with van der Waals surface area (Å²) >= 11 is 0. The summed E-state index contributed by atoms with van der Waals surface area (Å²) in [5, 5.41) is 12.0. The smallest absolute Gasteiger partial charge is 0.337 e. The monoisotopic (exact) mass is 292 g/mol. The molecule has 0 radical (unpaired) electrons. The molecule has 21 heavy (non-hydrogen) atoms. The third-order valence-electron chi connectivity index (χ3n) is 3.36. The van der Waals surface area contributed by atoms with Crippen molar-refractivity contribution in [2.45, 2.75) is 19.8 Å². The number of amides is 1. The molecule has 1 aromatic carbocycles. The summed E-state index contributed by atoms with van der Waals surface area (Å²) < 4.78 is 5.29. The number of hydrogen-bond acceptors (Lipinski definition) is 4. The number of nitrogens with zero attached hydrogens (tertiary/aromatic N) is 1. The first-order valence-corrected chi connectivity index (χ1v) is 7.11. The number of morpholine rings is 1. The van der Waals surface area contributed by atoms with Gasteiger partial charge >= 0.3 is 5.97 Å². The Hall–Kier alpha value is -2.08. The van der Waals surface area contributed by atoms with E-state index in [2.05, 4.69) is 10.2 Å².